The summed E-state index contributed by atoms with van der Waals surface area (Å²) in [5.74, 6) is 0.163. The molecule has 2 aromatic rings. The van der Waals surface area contributed by atoms with Crippen LogP contribution < -0.4 is 11.0 Å². The number of carbonyl (C=O) groups excluding carboxylic acids is 1. The van der Waals surface area contributed by atoms with E-state index in [4.69, 9.17) is 0 Å². The molecule has 1 aromatic carbocycles. The molecule has 150 valence electrons. The summed E-state index contributed by atoms with van der Waals surface area (Å²) in [6.45, 7) is 1.64. The molecule has 1 aromatic heterocycles. The number of rotatable bonds is 8. The number of nitrogens with one attached hydrogen (secondary N) is 1. The van der Waals surface area contributed by atoms with E-state index in [1.807, 2.05) is 49.0 Å². The Morgan fingerprint density at radius 3 is 2.71 bits per heavy atom. The molecule has 0 spiro atoms. The summed E-state index contributed by atoms with van der Waals surface area (Å²) in [5.41, 5.74) is 2.87. The van der Waals surface area contributed by atoms with Gasteiger partial charge in [0.25, 0.3) is 0 Å². The fourth-order valence-corrected chi connectivity index (χ4v) is 4.37. The third-order valence-electron chi connectivity index (χ3n) is 4.84. The molecule has 0 saturated heterocycles. The number of amides is 1. The number of carbonyl (C=O) groups is 1. The molecule has 1 N–H and O–H groups in total. The van der Waals surface area contributed by atoms with E-state index in [0.717, 1.165) is 60.6 Å². The highest BCUT2D eigenvalue weighted by Crippen LogP contribution is 2.28. The molecule has 6 nitrogen and oxygen atoms in total. The molecular weight excluding hydrogens is 372 g/mol. The van der Waals surface area contributed by atoms with E-state index < -0.39 is 0 Å². The lowest BCUT2D eigenvalue weighted by molar-refractivity contribution is -0.113. The Kier molecular flexibility index (Phi) is 7.28. The molecular formula is C21H28N4O2S. The smallest absolute Gasteiger partial charge is 0.325 e. The van der Waals surface area contributed by atoms with Crippen LogP contribution in [-0.4, -0.2) is 46.8 Å². The van der Waals surface area contributed by atoms with Gasteiger partial charge < -0.3 is 10.2 Å². The van der Waals surface area contributed by atoms with Crippen LogP contribution in [0.2, 0.25) is 0 Å². The first-order valence-corrected chi connectivity index (χ1v) is 10.8. The van der Waals surface area contributed by atoms with E-state index in [1.54, 1.807) is 0 Å². The fourth-order valence-electron chi connectivity index (χ4n) is 3.50. The van der Waals surface area contributed by atoms with Crippen LogP contribution in [0.4, 0.5) is 5.69 Å². The van der Waals surface area contributed by atoms with Gasteiger partial charge in [0.1, 0.15) is 5.03 Å². The second kappa shape index (κ2) is 9.89. The second-order valence-electron chi connectivity index (χ2n) is 7.34. The summed E-state index contributed by atoms with van der Waals surface area (Å²) >= 11 is 1.37. The number of aromatic nitrogens is 2. The highest BCUT2D eigenvalue weighted by atomic mass is 32.2. The second-order valence-corrected chi connectivity index (χ2v) is 8.31. The third-order valence-corrected chi connectivity index (χ3v) is 5.85. The number of anilines is 1. The van der Waals surface area contributed by atoms with Crippen LogP contribution in [0.25, 0.3) is 0 Å². The predicted molar refractivity (Wildman–Crippen MR) is 114 cm³/mol. The summed E-state index contributed by atoms with van der Waals surface area (Å²) in [4.78, 5) is 31.4. The minimum Gasteiger partial charge on any atom is -0.325 e. The number of benzene rings is 1. The van der Waals surface area contributed by atoms with Crippen LogP contribution in [0.15, 0.2) is 40.2 Å². The Hall–Kier alpha value is -2.12. The van der Waals surface area contributed by atoms with Crippen molar-refractivity contribution in [1.82, 2.24) is 14.5 Å². The lowest BCUT2D eigenvalue weighted by Gasteiger charge is -2.23. The van der Waals surface area contributed by atoms with Crippen molar-refractivity contribution in [3.8, 4) is 0 Å². The normalized spacial score (nSPS) is 13.4. The summed E-state index contributed by atoms with van der Waals surface area (Å²) in [6, 6.07) is 9.40. The van der Waals surface area contributed by atoms with Crippen LogP contribution >= 0.6 is 11.8 Å². The van der Waals surface area contributed by atoms with E-state index in [9.17, 15) is 9.59 Å². The van der Waals surface area contributed by atoms with Crippen molar-refractivity contribution in [2.45, 2.75) is 43.7 Å². The maximum atomic E-state index is 12.6. The van der Waals surface area contributed by atoms with Gasteiger partial charge in [0, 0.05) is 23.5 Å². The van der Waals surface area contributed by atoms with Crippen LogP contribution in [0.3, 0.4) is 0 Å². The number of hydrogen-bond donors (Lipinski definition) is 1. The number of thioether (sulfide) groups is 1. The standard InChI is InChI=1S/C21H28N4O2S/c1-24(2)13-8-14-25-18-12-7-6-11-17(18)20(23-21(25)27)28-15-19(26)22-16-9-4-3-5-10-16/h3-5,9-10H,6-8,11-15H2,1-2H3,(H,22,26). The van der Waals surface area contributed by atoms with E-state index in [-0.39, 0.29) is 17.3 Å². The molecule has 7 heteroatoms. The van der Waals surface area contributed by atoms with Gasteiger partial charge in [-0.1, -0.05) is 30.0 Å². The molecule has 3 rings (SSSR count). The zero-order valence-electron chi connectivity index (χ0n) is 16.6. The number of para-hydroxylation sites is 1. The van der Waals surface area contributed by atoms with Crippen LogP contribution in [0, 0.1) is 0 Å². The van der Waals surface area contributed by atoms with Crippen molar-refractivity contribution in [2.75, 3.05) is 31.7 Å². The first-order chi connectivity index (χ1) is 13.5. The molecule has 1 heterocycles. The summed E-state index contributed by atoms with van der Waals surface area (Å²) in [5, 5.41) is 3.61. The molecule has 0 atom stereocenters. The molecule has 0 saturated carbocycles. The fraction of sp³-hybridized carbons (Fsp3) is 0.476. The average molecular weight is 401 g/mol. The Bertz CT molecular complexity index is 865. The summed E-state index contributed by atoms with van der Waals surface area (Å²) < 4.78 is 1.85. The largest absolute Gasteiger partial charge is 0.348 e. The number of fused-ring (bicyclic) bond motifs is 1. The maximum absolute atomic E-state index is 12.6. The van der Waals surface area contributed by atoms with Crippen molar-refractivity contribution in [3.63, 3.8) is 0 Å². The zero-order chi connectivity index (χ0) is 19.9. The van der Waals surface area contributed by atoms with Crippen molar-refractivity contribution in [2.24, 2.45) is 0 Å². The topological polar surface area (TPSA) is 67.2 Å². The molecule has 0 aliphatic heterocycles. The number of nitrogens with zero attached hydrogens (tertiary/aromatic N) is 3. The van der Waals surface area contributed by atoms with Gasteiger partial charge in [-0.3, -0.25) is 9.36 Å². The highest BCUT2D eigenvalue weighted by molar-refractivity contribution is 8.00. The maximum Gasteiger partial charge on any atom is 0.348 e. The molecule has 0 fully saturated rings. The van der Waals surface area contributed by atoms with Gasteiger partial charge in [-0.25, -0.2) is 4.79 Å². The molecule has 28 heavy (non-hydrogen) atoms. The van der Waals surface area contributed by atoms with Crippen molar-refractivity contribution < 1.29 is 4.79 Å². The number of hydrogen-bond acceptors (Lipinski definition) is 5. The van der Waals surface area contributed by atoms with Crippen molar-refractivity contribution in [3.05, 3.63) is 52.1 Å². The average Bonchev–Trinajstić information content (AvgIpc) is 2.68. The van der Waals surface area contributed by atoms with Crippen LogP contribution in [0.1, 0.15) is 30.5 Å². The van der Waals surface area contributed by atoms with Gasteiger partial charge >= 0.3 is 5.69 Å². The molecule has 1 amide bonds. The lowest BCUT2D eigenvalue weighted by Crippen LogP contribution is -2.31. The summed E-state index contributed by atoms with van der Waals surface area (Å²) in [7, 11) is 4.08. The monoisotopic (exact) mass is 400 g/mol. The zero-order valence-corrected chi connectivity index (χ0v) is 17.4. The predicted octanol–water partition coefficient (Wildman–Crippen LogP) is 2.80. The lowest BCUT2D eigenvalue weighted by atomic mass is 9.97. The van der Waals surface area contributed by atoms with Gasteiger partial charge in [-0.05, 0) is 64.9 Å². The van der Waals surface area contributed by atoms with Gasteiger partial charge in [0.2, 0.25) is 5.91 Å². The van der Waals surface area contributed by atoms with Crippen LogP contribution in [-0.2, 0) is 24.2 Å². The van der Waals surface area contributed by atoms with Crippen LogP contribution in [0.5, 0.6) is 0 Å². The first kappa shape index (κ1) is 20.6. The van der Waals surface area contributed by atoms with E-state index in [1.165, 1.54) is 11.8 Å². The molecule has 0 radical (unpaired) electrons. The SMILES string of the molecule is CN(C)CCCn1c2c(c(SCC(=O)Nc3ccccc3)nc1=O)CCCC2. The quantitative estimate of drug-likeness (QED) is 0.545. The Labute approximate surface area is 170 Å². The van der Waals surface area contributed by atoms with E-state index in [0.29, 0.717) is 6.54 Å². The molecule has 0 unspecified atom stereocenters. The first-order valence-electron chi connectivity index (χ1n) is 9.79. The van der Waals surface area contributed by atoms with Crippen molar-refractivity contribution in [1.29, 1.82) is 0 Å². The Morgan fingerprint density at radius 1 is 1.21 bits per heavy atom. The van der Waals surface area contributed by atoms with Gasteiger partial charge in [-0.15, -0.1) is 0 Å². The van der Waals surface area contributed by atoms with E-state index >= 15 is 0 Å². The third kappa shape index (κ3) is 5.45. The molecule has 0 bridgehead atoms. The Balaban J connectivity index is 1.71. The van der Waals surface area contributed by atoms with Crippen molar-refractivity contribution >= 4 is 23.4 Å². The molecule has 1 aliphatic carbocycles. The highest BCUT2D eigenvalue weighted by Gasteiger charge is 2.21. The van der Waals surface area contributed by atoms with E-state index in [2.05, 4.69) is 15.2 Å². The summed E-state index contributed by atoms with van der Waals surface area (Å²) in [6.07, 6.45) is 4.97. The minimum absolute atomic E-state index is 0.0854. The molecule has 1 aliphatic rings. The Morgan fingerprint density at radius 2 is 1.96 bits per heavy atom. The van der Waals surface area contributed by atoms with Gasteiger partial charge in [0.05, 0.1) is 5.75 Å². The van der Waals surface area contributed by atoms with Gasteiger partial charge in [-0.2, -0.15) is 4.98 Å². The van der Waals surface area contributed by atoms with Gasteiger partial charge in [0.15, 0.2) is 0 Å². The minimum atomic E-state index is -0.189.